The molecule has 1 heterocycles. The molecule has 0 radical (unpaired) electrons. The minimum atomic E-state index is -0.591. The summed E-state index contributed by atoms with van der Waals surface area (Å²) in [6.07, 6.45) is 0. The van der Waals surface area contributed by atoms with Gasteiger partial charge in [0.1, 0.15) is 23.9 Å². The van der Waals surface area contributed by atoms with Crippen LogP contribution in [0.3, 0.4) is 0 Å². The molecule has 4 rings (SSSR count). The van der Waals surface area contributed by atoms with Gasteiger partial charge in [0.25, 0.3) is 11.6 Å². The molecular weight excluding hydrogens is 476 g/mol. The number of ether oxygens (including phenoxy) is 3. The number of nitro groups is 1. The number of non-ortho nitro benzene ring substituents is 1. The Kier molecular flexibility index (Phi) is 7.18. The topological polar surface area (TPSA) is 113 Å². The van der Waals surface area contributed by atoms with E-state index < -0.39 is 10.8 Å². The first kappa shape index (κ1) is 23.7. The van der Waals surface area contributed by atoms with Gasteiger partial charge in [0.2, 0.25) is 0 Å². The van der Waals surface area contributed by atoms with Crippen LogP contribution in [0.1, 0.15) is 16.3 Å². The van der Waals surface area contributed by atoms with Crippen molar-refractivity contribution in [2.24, 2.45) is 0 Å². The van der Waals surface area contributed by atoms with Crippen LogP contribution in [0, 0.1) is 10.1 Å². The van der Waals surface area contributed by atoms with Crippen molar-refractivity contribution in [3.63, 3.8) is 0 Å². The van der Waals surface area contributed by atoms with Crippen LogP contribution in [-0.4, -0.2) is 17.9 Å². The average molecular weight is 495 g/mol. The van der Waals surface area contributed by atoms with Gasteiger partial charge < -0.3 is 23.9 Å². The van der Waals surface area contributed by atoms with E-state index in [0.717, 1.165) is 0 Å². The van der Waals surface area contributed by atoms with Crippen molar-refractivity contribution in [1.29, 1.82) is 0 Å². The summed E-state index contributed by atoms with van der Waals surface area (Å²) >= 11 is 5.86. The molecular formula is C25H19ClN2O7. The lowest BCUT2D eigenvalue weighted by Crippen LogP contribution is -2.11. The van der Waals surface area contributed by atoms with Crippen LogP contribution in [-0.2, 0) is 6.61 Å². The summed E-state index contributed by atoms with van der Waals surface area (Å²) in [7, 11) is 1.49. The fourth-order valence-electron chi connectivity index (χ4n) is 3.11. The van der Waals surface area contributed by atoms with E-state index in [4.69, 9.17) is 30.2 Å². The number of benzene rings is 3. The summed E-state index contributed by atoms with van der Waals surface area (Å²) in [5.41, 5.74) is -0.103. The molecule has 35 heavy (non-hydrogen) atoms. The molecule has 0 saturated heterocycles. The van der Waals surface area contributed by atoms with Crippen LogP contribution in [0.15, 0.2) is 83.3 Å². The van der Waals surface area contributed by atoms with E-state index >= 15 is 0 Å². The fourth-order valence-corrected chi connectivity index (χ4v) is 3.23. The third kappa shape index (κ3) is 6.10. The van der Waals surface area contributed by atoms with E-state index in [1.807, 2.05) is 0 Å². The molecule has 178 valence electrons. The Labute approximate surface area is 205 Å². The molecule has 0 bridgehead atoms. The first-order valence-corrected chi connectivity index (χ1v) is 10.7. The van der Waals surface area contributed by atoms with E-state index in [2.05, 4.69) is 5.32 Å². The summed E-state index contributed by atoms with van der Waals surface area (Å²) in [6.45, 7) is 0.0998. The maximum absolute atomic E-state index is 12.7. The van der Waals surface area contributed by atoms with Gasteiger partial charge in [0, 0.05) is 17.2 Å². The lowest BCUT2D eigenvalue weighted by atomic mass is 10.2. The number of furan rings is 1. The van der Waals surface area contributed by atoms with Crippen molar-refractivity contribution < 1.29 is 28.3 Å². The van der Waals surface area contributed by atoms with Gasteiger partial charge in [-0.15, -0.1) is 0 Å². The molecule has 0 unspecified atom stereocenters. The van der Waals surface area contributed by atoms with Crippen LogP contribution in [0.5, 0.6) is 23.0 Å². The van der Waals surface area contributed by atoms with Crippen molar-refractivity contribution in [3.8, 4) is 23.0 Å². The van der Waals surface area contributed by atoms with E-state index in [9.17, 15) is 14.9 Å². The molecule has 10 heteroatoms. The molecule has 1 N–H and O–H groups in total. The van der Waals surface area contributed by atoms with Crippen LogP contribution in [0.25, 0.3) is 0 Å². The number of carbonyl (C=O) groups excluding carboxylic acids is 1. The third-order valence-corrected chi connectivity index (χ3v) is 4.99. The largest absolute Gasteiger partial charge is 0.493 e. The van der Waals surface area contributed by atoms with E-state index in [-0.39, 0.29) is 29.5 Å². The van der Waals surface area contributed by atoms with Crippen LogP contribution in [0.4, 0.5) is 11.4 Å². The maximum Gasteiger partial charge on any atom is 0.291 e. The van der Waals surface area contributed by atoms with Gasteiger partial charge in [-0.1, -0.05) is 23.7 Å². The molecule has 4 aromatic rings. The van der Waals surface area contributed by atoms with Crippen molar-refractivity contribution in [2.75, 3.05) is 12.4 Å². The molecule has 0 spiro atoms. The second-order valence-corrected chi connectivity index (χ2v) is 7.62. The fraction of sp³-hybridized carbons (Fsp3) is 0.0800. The van der Waals surface area contributed by atoms with Gasteiger partial charge >= 0.3 is 0 Å². The summed E-state index contributed by atoms with van der Waals surface area (Å²) in [5, 5.41) is 14.6. The zero-order valence-electron chi connectivity index (χ0n) is 18.4. The number of nitrogens with zero attached hydrogens (tertiary/aromatic N) is 1. The molecule has 9 nitrogen and oxygen atoms in total. The maximum atomic E-state index is 12.7. The second-order valence-electron chi connectivity index (χ2n) is 7.19. The predicted molar refractivity (Wildman–Crippen MR) is 129 cm³/mol. The number of carbonyl (C=O) groups is 1. The number of nitrogens with one attached hydrogen (secondary N) is 1. The minimum absolute atomic E-state index is 0.0124. The van der Waals surface area contributed by atoms with Gasteiger partial charge in [-0.3, -0.25) is 14.9 Å². The zero-order chi connectivity index (χ0) is 24.8. The van der Waals surface area contributed by atoms with E-state index in [0.29, 0.717) is 28.0 Å². The monoisotopic (exact) mass is 494 g/mol. The van der Waals surface area contributed by atoms with Crippen molar-refractivity contribution in [2.45, 2.75) is 6.61 Å². The molecule has 0 aliphatic heterocycles. The molecule has 1 aromatic heterocycles. The Bertz CT molecular complexity index is 1350. The number of amides is 1. The number of para-hydroxylation sites is 2. The van der Waals surface area contributed by atoms with Gasteiger partial charge in [-0.05, 0) is 48.5 Å². The highest BCUT2D eigenvalue weighted by Crippen LogP contribution is 2.34. The van der Waals surface area contributed by atoms with Crippen LogP contribution < -0.4 is 19.5 Å². The number of methoxy groups -OCH3 is 1. The normalized spacial score (nSPS) is 10.5. The van der Waals surface area contributed by atoms with Gasteiger partial charge in [-0.2, -0.15) is 0 Å². The standard InChI is InChI=1S/C25H19ClN2O7/c1-32-22-4-2-3-5-23(22)35-21-13-17(12-18(14-21)28(30)31)27-25(29)24-11-10-20(34-24)15-33-19-8-6-16(26)7-9-19/h2-14H,15H2,1H3,(H,27,29). The van der Waals surface area contributed by atoms with E-state index in [1.165, 1.54) is 31.4 Å². The van der Waals surface area contributed by atoms with Gasteiger partial charge in [0.05, 0.1) is 23.8 Å². The first-order valence-electron chi connectivity index (χ1n) is 10.3. The molecule has 0 fully saturated rings. The third-order valence-electron chi connectivity index (χ3n) is 4.74. The number of anilines is 1. The number of nitro benzene ring substituents is 1. The van der Waals surface area contributed by atoms with Crippen LogP contribution >= 0.6 is 11.6 Å². The number of halogens is 1. The summed E-state index contributed by atoms with van der Waals surface area (Å²) in [4.78, 5) is 23.5. The lowest BCUT2D eigenvalue weighted by Gasteiger charge is -2.11. The SMILES string of the molecule is COc1ccccc1Oc1cc(NC(=O)c2ccc(COc3ccc(Cl)cc3)o2)cc([N+](=O)[O-])c1. The highest BCUT2D eigenvalue weighted by molar-refractivity contribution is 6.30. The number of hydrogen-bond donors (Lipinski definition) is 1. The lowest BCUT2D eigenvalue weighted by molar-refractivity contribution is -0.384. The van der Waals surface area contributed by atoms with Gasteiger partial charge in [0.15, 0.2) is 17.3 Å². The highest BCUT2D eigenvalue weighted by Gasteiger charge is 2.17. The van der Waals surface area contributed by atoms with Crippen molar-refractivity contribution in [1.82, 2.24) is 0 Å². The summed E-state index contributed by atoms with van der Waals surface area (Å²) in [6, 6.07) is 20.7. The smallest absolute Gasteiger partial charge is 0.291 e. The highest BCUT2D eigenvalue weighted by atomic mass is 35.5. The number of rotatable bonds is 9. The zero-order valence-corrected chi connectivity index (χ0v) is 19.2. The summed E-state index contributed by atoms with van der Waals surface area (Å²) in [5.74, 6) is 1.40. The van der Waals surface area contributed by atoms with Crippen molar-refractivity contribution in [3.05, 3.63) is 106 Å². The molecule has 0 saturated carbocycles. The molecule has 1 amide bonds. The quantitative estimate of drug-likeness (QED) is 0.209. The summed E-state index contributed by atoms with van der Waals surface area (Å²) < 4.78 is 22.2. The molecule has 0 atom stereocenters. The average Bonchev–Trinajstić information content (AvgIpc) is 3.33. The van der Waals surface area contributed by atoms with E-state index in [1.54, 1.807) is 54.6 Å². The molecule has 3 aromatic carbocycles. The van der Waals surface area contributed by atoms with Crippen LogP contribution in [0.2, 0.25) is 5.02 Å². The van der Waals surface area contributed by atoms with Gasteiger partial charge in [-0.25, -0.2) is 0 Å². The Morgan fingerprint density at radius 3 is 2.46 bits per heavy atom. The second kappa shape index (κ2) is 10.6. The predicted octanol–water partition coefficient (Wildman–Crippen LogP) is 6.47. The Hall–Kier alpha value is -4.50. The first-order chi connectivity index (χ1) is 16.9. The Morgan fingerprint density at radius 2 is 1.74 bits per heavy atom. The van der Waals surface area contributed by atoms with Crippen molar-refractivity contribution >= 4 is 28.9 Å². The molecule has 0 aliphatic carbocycles. The Morgan fingerprint density at radius 1 is 1.00 bits per heavy atom. The molecule has 0 aliphatic rings. The number of hydrogen-bond acceptors (Lipinski definition) is 7. The Balaban J connectivity index is 1.47. The minimum Gasteiger partial charge on any atom is -0.493 e.